The molecule has 0 radical (unpaired) electrons. The third-order valence-corrected chi connectivity index (χ3v) is 3.82. The molecule has 0 spiro atoms. The van der Waals surface area contributed by atoms with Crippen LogP contribution in [-0.4, -0.2) is 23.3 Å². The van der Waals surface area contributed by atoms with Crippen LogP contribution in [0.15, 0.2) is 18.2 Å². The standard InChI is InChI=1S/C14H19BFNO2/c1-10-8-12(16)17-9-11(10)6-7-15-18-13(2,3)14(4,5)19-15/h6-9H,1-5H3/b7-6+. The minimum atomic E-state index is -0.467. The molecule has 1 aliphatic rings. The van der Waals surface area contributed by atoms with Gasteiger partial charge in [-0.3, -0.25) is 0 Å². The van der Waals surface area contributed by atoms with E-state index in [4.69, 9.17) is 9.31 Å². The van der Waals surface area contributed by atoms with Crippen LogP contribution in [0.5, 0.6) is 0 Å². The van der Waals surface area contributed by atoms with E-state index in [0.717, 1.165) is 11.1 Å². The molecule has 1 aromatic rings. The lowest BCUT2D eigenvalue weighted by Crippen LogP contribution is -2.41. The fraction of sp³-hybridized carbons (Fsp3) is 0.500. The van der Waals surface area contributed by atoms with Gasteiger partial charge in [0.15, 0.2) is 0 Å². The van der Waals surface area contributed by atoms with Crippen LogP contribution in [-0.2, 0) is 9.31 Å². The largest absolute Gasteiger partial charge is 0.487 e. The van der Waals surface area contributed by atoms with Crippen molar-refractivity contribution in [1.29, 1.82) is 0 Å². The number of rotatable bonds is 2. The highest BCUT2D eigenvalue weighted by atomic mass is 19.1. The predicted molar refractivity (Wildman–Crippen MR) is 74.0 cm³/mol. The monoisotopic (exact) mass is 263 g/mol. The summed E-state index contributed by atoms with van der Waals surface area (Å²) in [6, 6.07) is 1.41. The van der Waals surface area contributed by atoms with Crippen LogP contribution in [0.2, 0.25) is 0 Å². The average Bonchev–Trinajstić information content (AvgIpc) is 2.46. The van der Waals surface area contributed by atoms with Crippen molar-refractivity contribution >= 4 is 13.2 Å². The van der Waals surface area contributed by atoms with Crippen molar-refractivity contribution in [2.75, 3.05) is 0 Å². The van der Waals surface area contributed by atoms with Crippen molar-refractivity contribution < 1.29 is 13.7 Å². The molecule has 3 nitrogen and oxygen atoms in total. The maximum absolute atomic E-state index is 12.9. The lowest BCUT2D eigenvalue weighted by atomic mass is 9.89. The summed E-state index contributed by atoms with van der Waals surface area (Å²) in [5.41, 5.74) is 0.993. The number of aromatic nitrogens is 1. The van der Waals surface area contributed by atoms with E-state index < -0.39 is 13.1 Å². The number of hydrogen-bond acceptors (Lipinski definition) is 3. The molecule has 1 aliphatic heterocycles. The Morgan fingerprint density at radius 1 is 1.21 bits per heavy atom. The number of nitrogens with zero attached hydrogens (tertiary/aromatic N) is 1. The molecule has 0 aliphatic carbocycles. The first kappa shape index (κ1) is 14.2. The minimum absolute atomic E-state index is 0.349. The van der Waals surface area contributed by atoms with Gasteiger partial charge in [0.2, 0.25) is 5.95 Å². The Morgan fingerprint density at radius 2 is 1.79 bits per heavy atom. The van der Waals surface area contributed by atoms with Crippen LogP contribution in [0.1, 0.15) is 38.8 Å². The molecule has 0 bridgehead atoms. The summed E-state index contributed by atoms with van der Waals surface area (Å²) in [5.74, 6) is 1.36. The van der Waals surface area contributed by atoms with Gasteiger partial charge in [0.25, 0.3) is 0 Å². The summed E-state index contributed by atoms with van der Waals surface area (Å²) in [5, 5.41) is 0. The lowest BCUT2D eigenvalue weighted by Gasteiger charge is -2.32. The van der Waals surface area contributed by atoms with Crippen LogP contribution >= 0.6 is 0 Å². The molecule has 2 heterocycles. The Hall–Kier alpha value is -1.20. The molecule has 1 aromatic heterocycles. The van der Waals surface area contributed by atoms with Gasteiger partial charge >= 0.3 is 7.12 Å². The van der Waals surface area contributed by atoms with E-state index in [2.05, 4.69) is 4.98 Å². The van der Waals surface area contributed by atoms with Crippen LogP contribution in [0, 0.1) is 12.9 Å². The van der Waals surface area contributed by atoms with Gasteiger partial charge in [-0.2, -0.15) is 4.39 Å². The molecular formula is C14H19BFNO2. The minimum Gasteiger partial charge on any atom is -0.400 e. The van der Waals surface area contributed by atoms with Crippen LogP contribution < -0.4 is 0 Å². The maximum atomic E-state index is 12.9. The van der Waals surface area contributed by atoms with Crippen molar-refractivity contribution in [3.8, 4) is 0 Å². The molecule has 0 amide bonds. The van der Waals surface area contributed by atoms with Gasteiger partial charge < -0.3 is 9.31 Å². The van der Waals surface area contributed by atoms with E-state index in [0.29, 0.717) is 0 Å². The Bertz CT molecular complexity index is 498. The quantitative estimate of drug-likeness (QED) is 0.606. The van der Waals surface area contributed by atoms with Crippen molar-refractivity contribution in [2.24, 2.45) is 0 Å². The van der Waals surface area contributed by atoms with Crippen LogP contribution in [0.3, 0.4) is 0 Å². The molecule has 0 atom stereocenters. The van der Waals surface area contributed by atoms with Gasteiger partial charge in [-0.25, -0.2) is 4.98 Å². The third-order valence-electron chi connectivity index (χ3n) is 3.82. The van der Waals surface area contributed by atoms with Crippen molar-refractivity contribution in [3.05, 3.63) is 35.3 Å². The summed E-state index contributed by atoms with van der Waals surface area (Å²) >= 11 is 0. The van der Waals surface area contributed by atoms with Crippen LogP contribution in [0.25, 0.3) is 6.08 Å². The third kappa shape index (κ3) is 2.87. The number of pyridine rings is 1. The fourth-order valence-corrected chi connectivity index (χ4v) is 1.86. The Labute approximate surface area is 114 Å². The molecule has 0 N–H and O–H groups in total. The predicted octanol–water partition coefficient (Wildman–Crippen LogP) is 3.17. The van der Waals surface area contributed by atoms with Gasteiger partial charge in [-0.05, 0) is 51.8 Å². The zero-order chi connectivity index (χ0) is 14.3. The highest BCUT2D eigenvalue weighted by Gasteiger charge is 2.49. The Balaban J connectivity index is 2.13. The van der Waals surface area contributed by atoms with E-state index >= 15 is 0 Å². The normalized spacial score (nSPS) is 21.3. The molecular weight excluding hydrogens is 244 g/mol. The molecule has 1 saturated heterocycles. The second kappa shape index (κ2) is 4.73. The van der Waals surface area contributed by atoms with Gasteiger partial charge in [-0.15, -0.1) is 0 Å². The van der Waals surface area contributed by atoms with Gasteiger partial charge in [0.05, 0.1) is 11.2 Å². The molecule has 0 saturated carbocycles. The molecule has 2 rings (SSSR count). The van der Waals surface area contributed by atoms with Crippen molar-refractivity contribution in [1.82, 2.24) is 4.98 Å². The smallest absolute Gasteiger partial charge is 0.400 e. The molecule has 0 aromatic carbocycles. The van der Waals surface area contributed by atoms with Crippen molar-refractivity contribution in [2.45, 2.75) is 45.8 Å². The summed E-state index contributed by atoms with van der Waals surface area (Å²) in [6.45, 7) is 9.86. The first-order valence-electron chi connectivity index (χ1n) is 6.37. The average molecular weight is 263 g/mol. The van der Waals surface area contributed by atoms with E-state index in [1.807, 2.05) is 46.7 Å². The summed E-state index contributed by atoms with van der Waals surface area (Å²) in [6.07, 6.45) is 3.36. The summed E-state index contributed by atoms with van der Waals surface area (Å²) < 4.78 is 24.6. The number of halogens is 1. The van der Waals surface area contributed by atoms with Gasteiger partial charge in [-0.1, -0.05) is 12.1 Å². The number of hydrogen-bond donors (Lipinski definition) is 0. The molecule has 1 fully saturated rings. The van der Waals surface area contributed by atoms with E-state index in [-0.39, 0.29) is 11.2 Å². The van der Waals surface area contributed by atoms with Crippen molar-refractivity contribution in [3.63, 3.8) is 0 Å². The Morgan fingerprint density at radius 3 is 2.32 bits per heavy atom. The van der Waals surface area contributed by atoms with Gasteiger partial charge in [0.1, 0.15) is 0 Å². The van der Waals surface area contributed by atoms with E-state index in [1.54, 1.807) is 0 Å². The second-order valence-electron chi connectivity index (χ2n) is 5.85. The number of aryl methyl sites for hydroxylation is 1. The topological polar surface area (TPSA) is 31.4 Å². The molecule has 0 unspecified atom stereocenters. The maximum Gasteiger partial charge on any atom is 0.487 e. The zero-order valence-corrected chi connectivity index (χ0v) is 12.0. The molecule has 102 valence electrons. The lowest BCUT2D eigenvalue weighted by molar-refractivity contribution is 0.00578. The molecule has 5 heteroatoms. The summed E-state index contributed by atoms with van der Waals surface area (Å²) in [7, 11) is -0.394. The summed E-state index contributed by atoms with van der Waals surface area (Å²) in [4.78, 5) is 3.64. The molecule has 19 heavy (non-hydrogen) atoms. The van der Waals surface area contributed by atoms with Gasteiger partial charge in [0, 0.05) is 6.20 Å². The Kier molecular flexibility index (Phi) is 3.54. The van der Waals surface area contributed by atoms with E-state index in [1.165, 1.54) is 12.3 Å². The first-order chi connectivity index (χ1) is 8.71. The zero-order valence-electron chi connectivity index (χ0n) is 12.0. The van der Waals surface area contributed by atoms with E-state index in [9.17, 15) is 4.39 Å². The fourth-order valence-electron chi connectivity index (χ4n) is 1.86. The SMILES string of the molecule is Cc1cc(F)ncc1/C=C/B1OC(C)(C)C(C)(C)O1. The van der Waals surface area contributed by atoms with Crippen LogP contribution in [0.4, 0.5) is 4.39 Å². The first-order valence-corrected chi connectivity index (χ1v) is 6.37. The highest BCUT2D eigenvalue weighted by molar-refractivity contribution is 6.52. The second-order valence-corrected chi connectivity index (χ2v) is 5.85. The highest BCUT2D eigenvalue weighted by Crippen LogP contribution is 2.37.